The summed E-state index contributed by atoms with van der Waals surface area (Å²) in [5.41, 5.74) is 0. The van der Waals surface area contributed by atoms with Crippen LogP contribution in [0.5, 0.6) is 0 Å². The van der Waals surface area contributed by atoms with E-state index in [2.05, 4.69) is 0 Å². The normalized spacial score (nSPS) is 26.5. The summed E-state index contributed by atoms with van der Waals surface area (Å²) in [6.45, 7) is 2.40. The van der Waals surface area contributed by atoms with Crippen LogP contribution in [0.3, 0.4) is 0 Å². The van der Waals surface area contributed by atoms with Crippen LogP contribution in [-0.2, 0) is 9.59 Å². The fraction of sp³-hybridized carbons (Fsp3) is 0.800. The van der Waals surface area contributed by atoms with E-state index < -0.39 is 0 Å². The van der Waals surface area contributed by atoms with E-state index in [9.17, 15) is 9.59 Å². The first kappa shape index (κ1) is 10.7. The zero-order valence-electron chi connectivity index (χ0n) is 8.62. The molecule has 2 amide bonds. The number of hydrogen-bond donors (Lipinski definition) is 0. The summed E-state index contributed by atoms with van der Waals surface area (Å²) in [5, 5.41) is -0.121. The fourth-order valence-electron chi connectivity index (χ4n) is 2.11. The Kier molecular flexibility index (Phi) is 3.14. The second-order valence-corrected chi connectivity index (χ2v) is 4.78. The van der Waals surface area contributed by atoms with E-state index in [0.29, 0.717) is 13.0 Å². The van der Waals surface area contributed by atoms with Gasteiger partial charge in [0.25, 0.3) is 0 Å². The molecule has 1 unspecified atom stereocenters. The average Bonchev–Trinajstić information content (AvgIpc) is 2.76. The minimum Gasteiger partial charge on any atom is -0.341 e. The van der Waals surface area contributed by atoms with Crippen molar-refractivity contribution in [3.63, 3.8) is 0 Å². The van der Waals surface area contributed by atoms with Crippen LogP contribution in [0.25, 0.3) is 0 Å². The van der Waals surface area contributed by atoms with Crippen LogP contribution in [0.1, 0.15) is 19.3 Å². The molecule has 4 nitrogen and oxygen atoms in total. The summed E-state index contributed by atoms with van der Waals surface area (Å²) >= 11 is 5.86. The Bertz CT molecular complexity index is 277. The molecule has 0 aromatic heterocycles. The van der Waals surface area contributed by atoms with Crippen LogP contribution < -0.4 is 0 Å². The molecule has 5 heteroatoms. The molecule has 0 radical (unpaired) electrons. The van der Waals surface area contributed by atoms with Crippen LogP contribution in [0.15, 0.2) is 0 Å². The summed E-state index contributed by atoms with van der Waals surface area (Å²) in [6.07, 6.45) is 2.53. The Balaban J connectivity index is 1.85. The maximum absolute atomic E-state index is 11.7. The highest BCUT2D eigenvalue weighted by Gasteiger charge is 2.30. The number of nitrogens with zero attached hydrogens (tertiary/aromatic N) is 2. The van der Waals surface area contributed by atoms with Gasteiger partial charge in [-0.3, -0.25) is 9.59 Å². The lowest BCUT2D eigenvalue weighted by Crippen LogP contribution is -2.39. The maximum atomic E-state index is 11.7. The van der Waals surface area contributed by atoms with Crippen molar-refractivity contribution in [2.75, 3.05) is 26.2 Å². The van der Waals surface area contributed by atoms with Crippen LogP contribution in [0, 0.1) is 0 Å². The second kappa shape index (κ2) is 4.39. The van der Waals surface area contributed by atoms with Gasteiger partial charge in [-0.15, -0.1) is 11.6 Å². The molecule has 0 N–H and O–H groups in total. The molecule has 0 aliphatic carbocycles. The lowest BCUT2D eigenvalue weighted by atomic mass is 10.4. The third-order valence-electron chi connectivity index (χ3n) is 2.95. The Morgan fingerprint density at radius 1 is 1.40 bits per heavy atom. The first-order valence-electron chi connectivity index (χ1n) is 5.36. The summed E-state index contributed by atoms with van der Waals surface area (Å²) in [4.78, 5) is 26.5. The van der Waals surface area contributed by atoms with Gasteiger partial charge < -0.3 is 9.80 Å². The molecule has 2 fully saturated rings. The molecule has 84 valence electrons. The fourth-order valence-corrected chi connectivity index (χ4v) is 2.41. The highest BCUT2D eigenvalue weighted by Crippen LogP contribution is 2.17. The van der Waals surface area contributed by atoms with Gasteiger partial charge in [-0.2, -0.15) is 0 Å². The van der Waals surface area contributed by atoms with E-state index in [1.165, 1.54) is 0 Å². The lowest BCUT2D eigenvalue weighted by Gasteiger charge is -2.20. The number of carbonyl (C=O) groups excluding carboxylic acids is 2. The molecule has 2 heterocycles. The zero-order chi connectivity index (χ0) is 10.8. The molecule has 0 aromatic carbocycles. The van der Waals surface area contributed by atoms with Crippen LogP contribution in [-0.4, -0.2) is 53.2 Å². The van der Waals surface area contributed by atoms with Crippen molar-refractivity contribution < 1.29 is 9.59 Å². The van der Waals surface area contributed by atoms with Gasteiger partial charge in [0, 0.05) is 26.1 Å². The van der Waals surface area contributed by atoms with Gasteiger partial charge in [-0.1, -0.05) is 0 Å². The number of rotatable bonds is 2. The second-order valence-electron chi connectivity index (χ2n) is 4.16. The van der Waals surface area contributed by atoms with Crippen molar-refractivity contribution >= 4 is 23.4 Å². The first-order valence-corrected chi connectivity index (χ1v) is 5.80. The number of amides is 2. The van der Waals surface area contributed by atoms with E-state index in [-0.39, 0.29) is 23.7 Å². The molecule has 2 aliphatic heterocycles. The average molecular weight is 231 g/mol. The molecule has 2 aliphatic rings. The van der Waals surface area contributed by atoms with Crippen LogP contribution in [0.4, 0.5) is 0 Å². The SMILES string of the molecule is O=C(CN1CC(Cl)CC1=O)N1CCCC1. The molecular weight excluding hydrogens is 216 g/mol. The molecule has 1 atom stereocenters. The number of likely N-dealkylation sites (tertiary alicyclic amines) is 2. The Hall–Kier alpha value is -0.770. The highest BCUT2D eigenvalue weighted by atomic mass is 35.5. The van der Waals surface area contributed by atoms with E-state index in [4.69, 9.17) is 11.6 Å². The van der Waals surface area contributed by atoms with Crippen molar-refractivity contribution in [2.24, 2.45) is 0 Å². The van der Waals surface area contributed by atoms with Gasteiger partial charge >= 0.3 is 0 Å². The van der Waals surface area contributed by atoms with E-state index in [1.54, 1.807) is 4.90 Å². The van der Waals surface area contributed by atoms with Gasteiger partial charge in [-0.25, -0.2) is 0 Å². The number of halogens is 1. The number of carbonyl (C=O) groups is 2. The van der Waals surface area contributed by atoms with Crippen molar-refractivity contribution in [1.29, 1.82) is 0 Å². The summed E-state index contributed by atoms with van der Waals surface area (Å²) < 4.78 is 0. The van der Waals surface area contributed by atoms with Crippen LogP contribution >= 0.6 is 11.6 Å². The van der Waals surface area contributed by atoms with Crippen molar-refractivity contribution in [3.8, 4) is 0 Å². The number of hydrogen-bond acceptors (Lipinski definition) is 2. The molecule has 0 aromatic rings. The van der Waals surface area contributed by atoms with E-state index in [1.807, 2.05) is 4.90 Å². The summed E-state index contributed by atoms with van der Waals surface area (Å²) in [7, 11) is 0. The highest BCUT2D eigenvalue weighted by molar-refractivity contribution is 6.22. The molecule has 2 rings (SSSR count). The van der Waals surface area contributed by atoms with E-state index in [0.717, 1.165) is 25.9 Å². The Labute approximate surface area is 94.2 Å². The predicted octanol–water partition coefficient (Wildman–Crippen LogP) is 0.448. The monoisotopic (exact) mass is 230 g/mol. The number of alkyl halides is 1. The minimum atomic E-state index is -0.121. The molecule has 15 heavy (non-hydrogen) atoms. The zero-order valence-corrected chi connectivity index (χ0v) is 9.37. The Morgan fingerprint density at radius 3 is 2.60 bits per heavy atom. The topological polar surface area (TPSA) is 40.6 Å². The Morgan fingerprint density at radius 2 is 2.07 bits per heavy atom. The molecule has 0 saturated carbocycles. The van der Waals surface area contributed by atoms with Gasteiger partial charge in [-0.05, 0) is 12.8 Å². The van der Waals surface area contributed by atoms with Gasteiger partial charge in [0.1, 0.15) is 0 Å². The lowest BCUT2D eigenvalue weighted by molar-refractivity contribution is -0.137. The van der Waals surface area contributed by atoms with Crippen LogP contribution in [0.2, 0.25) is 0 Å². The third kappa shape index (κ3) is 2.43. The molecule has 0 bridgehead atoms. The van der Waals surface area contributed by atoms with Gasteiger partial charge in [0.15, 0.2) is 0 Å². The van der Waals surface area contributed by atoms with Crippen molar-refractivity contribution in [2.45, 2.75) is 24.6 Å². The van der Waals surface area contributed by atoms with Gasteiger partial charge in [0.05, 0.1) is 11.9 Å². The quantitative estimate of drug-likeness (QED) is 0.647. The smallest absolute Gasteiger partial charge is 0.242 e. The third-order valence-corrected chi connectivity index (χ3v) is 3.24. The molecule has 0 spiro atoms. The predicted molar refractivity (Wildman–Crippen MR) is 56.7 cm³/mol. The molecule has 2 saturated heterocycles. The largest absolute Gasteiger partial charge is 0.341 e. The first-order chi connectivity index (χ1) is 7.16. The standard InChI is InChI=1S/C10H15ClN2O2/c11-8-5-9(14)13(6-8)7-10(15)12-3-1-2-4-12/h8H,1-7H2. The van der Waals surface area contributed by atoms with E-state index >= 15 is 0 Å². The summed E-state index contributed by atoms with van der Waals surface area (Å²) in [5.74, 6) is 0.0640. The van der Waals surface area contributed by atoms with Gasteiger partial charge in [0.2, 0.25) is 11.8 Å². The molecular formula is C10H15ClN2O2. The van der Waals surface area contributed by atoms with Crippen molar-refractivity contribution in [3.05, 3.63) is 0 Å². The summed E-state index contributed by atoms with van der Waals surface area (Å²) in [6, 6.07) is 0. The maximum Gasteiger partial charge on any atom is 0.242 e. The minimum absolute atomic E-state index is 0.00236. The van der Waals surface area contributed by atoms with Crippen molar-refractivity contribution in [1.82, 2.24) is 9.80 Å².